The second-order valence-corrected chi connectivity index (χ2v) is 5.77. The van der Waals surface area contributed by atoms with Crippen LogP contribution in [-0.2, 0) is 11.3 Å². The van der Waals surface area contributed by atoms with Crippen LogP contribution in [0.5, 0.6) is 0 Å². The molecule has 0 saturated heterocycles. The summed E-state index contributed by atoms with van der Waals surface area (Å²) in [7, 11) is 0. The third-order valence-corrected chi connectivity index (χ3v) is 3.77. The highest BCUT2D eigenvalue weighted by atomic mass is 19.3. The molecule has 0 radical (unpaired) electrons. The Kier molecular flexibility index (Phi) is 4.62. The van der Waals surface area contributed by atoms with Crippen molar-refractivity contribution in [1.29, 1.82) is 0 Å². The molecule has 0 fully saturated rings. The molecule has 0 unspecified atom stereocenters. The Hall–Kier alpha value is -2.97. The first-order chi connectivity index (χ1) is 12.3. The third-order valence-electron chi connectivity index (χ3n) is 3.77. The largest absolute Gasteiger partial charge is 0.324 e. The van der Waals surface area contributed by atoms with E-state index in [9.17, 15) is 22.4 Å². The topological polar surface area (TPSA) is 59.8 Å². The van der Waals surface area contributed by atoms with Crippen LogP contribution in [0, 0.1) is 25.5 Å². The van der Waals surface area contributed by atoms with Gasteiger partial charge in [0.1, 0.15) is 6.54 Å². The minimum absolute atomic E-state index is 0.0690. The van der Waals surface area contributed by atoms with Crippen LogP contribution in [0.3, 0.4) is 0 Å². The Balaban J connectivity index is 1.91. The molecule has 1 aromatic carbocycles. The molecule has 0 saturated carbocycles. The number of hydrogen-bond donors (Lipinski definition) is 1. The van der Waals surface area contributed by atoms with Gasteiger partial charge in [-0.25, -0.2) is 27.2 Å². The first kappa shape index (κ1) is 17.8. The summed E-state index contributed by atoms with van der Waals surface area (Å²) in [6.45, 7) is 2.80. The molecule has 136 valence electrons. The number of rotatable bonds is 4. The summed E-state index contributed by atoms with van der Waals surface area (Å²) in [5.41, 5.74) is 0.730. The number of anilines is 1. The number of aryl methyl sites for hydroxylation is 2. The zero-order valence-electron chi connectivity index (χ0n) is 13.9. The minimum Gasteiger partial charge on any atom is -0.324 e. The van der Waals surface area contributed by atoms with Gasteiger partial charge in [-0.05, 0) is 32.0 Å². The summed E-state index contributed by atoms with van der Waals surface area (Å²) in [6.07, 6.45) is -2.70. The molecule has 2 heterocycles. The predicted octanol–water partition coefficient (Wildman–Crippen LogP) is 3.90. The highest BCUT2D eigenvalue weighted by molar-refractivity contribution is 5.92. The average Bonchev–Trinajstić information content (AvgIpc) is 2.85. The molecule has 1 N–H and O–H groups in total. The number of aromatic nitrogens is 3. The van der Waals surface area contributed by atoms with E-state index in [1.165, 1.54) is 16.8 Å². The zero-order valence-corrected chi connectivity index (χ0v) is 13.9. The summed E-state index contributed by atoms with van der Waals surface area (Å²) in [6, 6.07) is 4.22. The molecule has 5 nitrogen and oxygen atoms in total. The number of amides is 1. The Bertz CT molecular complexity index is 1000. The molecule has 3 aromatic rings. The third kappa shape index (κ3) is 3.37. The lowest BCUT2D eigenvalue weighted by atomic mass is 10.1. The maximum atomic E-state index is 13.3. The first-order valence-corrected chi connectivity index (χ1v) is 7.64. The number of benzene rings is 1. The molecular weight excluding hydrogens is 352 g/mol. The van der Waals surface area contributed by atoms with Gasteiger partial charge in [-0.3, -0.25) is 4.79 Å². The number of hydrogen-bond acceptors (Lipinski definition) is 3. The van der Waals surface area contributed by atoms with Crippen molar-refractivity contribution in [2.75, 3.05) is 5.32 Å². The molecule has 9 heteroatoms. The maximum absolute atomic E-state index is 13.3. The molecular formula is C17H14F4N4O. The van der Waals surface area contributed by atoms with E-state index >= 15 is 0 Å². The van der Waals surface area contributed by atoms with Crippen LogP contribution in [0.1, 0.15) is 23.4 Å². The number of alkyl halides is 2. The number of pyridine rings is 1. The number of fused-ring (bicyclic) bond motifs is 1. The van der Waals surface area contributed by atoms with E-state index in [0.29, 0.717) is 11.4 Å². The average molecular weight is 366 g/mol. The Morgan fingerprint density at radius 1 is 1.19 bits per heavy atom. The van der Waals surface area contributed by atoms with Crippen LogP contribution in [0.4, 0.5) is 23.2 Å². The van der Waals surface area contributed by atoms with Crippen LogP contribution in [0.15, 0.2) is 24.3 Å². The van der Waals surface area contributed by atoms with Crippen molar-refractivity contribution in [3.63, 3.8) is 0 Å². The van der Waals surface area contributed by atoms with Crippen molar-refractivity contribution >= 4 is 22.6 Å². The van der Waals surface area contributed by atoms with Crippen LogP contribution in [0.25, 0.3) is 11.0 Å². The highest BCUT2D eigenvalue weighted by Crippen LogP contribution is 2.29. The molecule has 26 heavy (non-hydrogen) atoms. The second kappa shape index (κ2) is 6.74. The SMILES string of the molecule is Cc1cc(C(F)F)c2c(C)nn(CC(=O)Nc3ccc(F)c(F)c3)c2n1. The van der Waals surface area contributed by atoms with E-state index in [1.807, 2.05) is 0 Å². The summed E-state index contributed by atoms with van der Waals surface area (Å²) >= 11 is 0. The number of carbonyl (C=O) groups is 1. The van der Waals surface area contributed by atoms with Crippen molar-refractivity contribution < 1.29 is 22.4 Å². The Labute approximate surface area is 145 Å². The lowest BCUT2D eigenvalue weighted by Gasteiger charge is -2.08. The second-order valence-electron chi connectivity index (χ2n) is 5.77. The Morgan fingerprint density at radius 2 is 1.92 bits per heavy atom. The minimum atomic E-state index is -2.70. The van der Waals surface area contributed by atoms with Gasteiger partial charge < -0.3 is 5.32 Å². The smallest absolute Gasteiger partial charge is 0.264 e. The van der Waals surface area contributed by atoms with Crippen molar-refractivity contribution in [2.45, 2.75) is 26.8 Å². The van der Waals surface area contributed by atoms with Gasteiger partial charge >= 0.3 is 0 Å². The molecule has 0 bridgehead atoms. The van der Waals surface area contributed by atoms with Gasteiger partial charge in [0, 0.05) is 23.0 Å². The number of nitrogens with one attached hydrogen (secondary N) is 1. The zero-order chi connectivity index (χ0) is 19.0. The molecule has 0 aliphatic rings. The van der Waals surface area contributed by atoms with Gasteiger partial charge in [0.05, 0.1) is 11.1 Å². The van der Waals surface area contributed by atoms with Gasteiger partial charge in [0.2, 0.25) is 5.91 Å². The van der Waals surface area contributed by atoms with Gasteiger partial charge in [-0.2, -0.15) is 5.10 Å². The normalized spacial score (nSPS) is 11.3. The molecule has 2 aromatic heterocycles. The van der Waals surface area contributed by atoms with E-state index < -0.39 is 24.0 Å². The number of carbonyl (C=O) groups excluding carboxylic acids is 1. The van der Waals surface area contributed by atoms with Gasteiger partial charge in [0.25, 0.3) is 6.43 Å². The van der Waals surface area contributed by atoms with Crippen molar-refractivity contribution in [3.8, 4) is 0 Å². The van der Waals surface area contributed by atoms with E-state index in [4.69, 9.17) is 0 Å². The standard InChI is InChI=1S/C17H14F4N4O/c1-8-5-11(16(20)21)15-9(2)24-25(17(15)22-8)7-14(26)23-10-3-4-12(18)13(19)6-10/h3-6,16H,7H2,1-2H3,(H,23,26). The van der Waals surface area contributed by atoms with E-state index in [1.54, 1.807) is 13.8 Å². The lowest BCUT2D eigenvalue weighted by molar-refractivity contribution is -0.116. The summed E-state index contributed by atoms with van der Waals surface area (Å²) in [5, 5.41) is 6.72. The quantitative estimate of drug-likeness (QED) is 0.713. The van der Waals surface area contributed by atoms with Crippen LogP contribution in [0.2, 0.25) is 0 Å². The maximum Gasteiger partial charge on any atom is 0.264 e. The van der Waals surface area contributed by atoms with Crippen LogP contribution < -0.4 is 5.32 Å². The first-order valence-electron chi connectivity index (χ1n) is 7.64. The van der Waals surface area contributed by atoms with Gasteiger partial charge in [0.15, 0.2) is 17.3 Å². The monoisotopic (exact) mass is 366 g/mol. The van der Waals surface area contributed by atoms with Crippen molar-refractivity contribution in [2.24, 2.45) is 0 Å². The molecule has 0 spiro atoms. The van der Waals surface area contributed by atoms with E-state index in [-0.39, 0.29) is 28.8 Å². The summed E-state index contributed by atoms with van der Waals surface area (Å²) in [5.74, 6) is -2.71. The number of nitrogens with zero attached hydrogens (tertiary/aromatic N) is 3. The molecule has 0 atom stereocenters. The lowest BCUT2D eigenvalue weighted by Crippen LogP contribution is -2.20. The number of halogens is 4. The summed E-state index contributed by atoms with van der Waals surface area (Å²) in [4.78, 5) is 16.4. The van der Waals surface area contributed by atoms with Crippen LogP contribution in [-0.4, -0.2) is 20.7 Å². The predicted molar refractivity (Wildman–Crippen MR) is 86.9 cm³/mol. The van der Waals surface area contributed by atoms with Crippen LogP contribution >= 0.6 is 0 Å². The fourth-order valence-corrected chi connectivity index (χ4v) is 2.71. The van der Waals surface area contributed by atoms with Crippen molar-refractivity contribution in [1.82, 2.24) is 14.8 Å². The molecule has 3 rings (SSSR count). The Morgan fingerprint density at radius 3 is 2.58 bits per heavy atom. The molecule has 0 aliphatic carbocycles. The fourth-order valence-electron chi connectivity index (χ4n) is 2.71. The van der Waals surface area contributed by atoms with E-state index in [0.717, 1.165) is 12.1 Å². The van der Waals surface area contributed by atoms with Gasteiger partial charge in [-0.1, -0.05) is 0 Å². The molecule has 1 amide bonds. The molecule has 0 aliphatic heterocycles. The highest BCUT2D eigenvalue weighted by Gasteiger charge is 2.20. The fraction of sp³-hybridized carbons (Fsp3) is 0.235. The van der Waals surface area contributed by atoms with Crippen molar-refractivity contribution in [3.05, 3.63) is 52.9 Å². The van der Waals surface area contributed by atoms with Gasteiger partial charge in [-0.15, -0.1) is 0 Å². The summed E-state index contributed by atoms with van der Waals surface area (Å²) < 4.78 is 53.9. The van der Waals surface area contributed by atoms with E-state index in [2.05, 4.69) is 15.4 Å².